The molecule has 0 aliphatic carbocycles. The van der Waals surface area contributed by atoms with Gasteiger partial charge in [-0.15, -0.1) is 0 Å². The van der Waals surface area contributed by atoms with Gasteiger partial charge in [0.1, 0.15) is 23.3 Å². The average Bonchev–Trinajstić information content (AvgIpc) is 3.07. The van der Waals surface area contributed by atoms with Crippen LogP contribution in [0.1, 0.15) is 0 Å². The molecule has 4 aromatic rings. The van der Waals surface area contributed by atoms with Crippen LogP contribution in [0, 0.1) is 0 Å². The molecular formula is C19H15N3O2. The molecule has 0 unspecified atom stereocenters. The van der Waals surface area contributed by atoms with Gasteiger partial charge in [-0.3, -0.25) is 0 Å². The van der Waals surface area contributed by atoms with Crippen molar-refractivity contribution in [3.05, 3.63) is 73.2 Å². The Morgan fingerprint density at radius 1 is 0.833 bits per heavy atom. The predicted octanol–water partition coefficient (Wildman–Crippen LogP) is 4.22. The molecule has 5 heteroatoms. The summed E-state index contributed by atoms with van der Waals surface area (Å²) >= 11 is 0. The van der Waals surface area contributed by atoms with E-state index in [0.717, 1.165) is 28.2 Å². The molecule has 0 radical (unpaired) electrons. The maximum Gasteiger partial charge on any atom is 0.241 e. The second kappa shape index (κ2) is 6.04. The predicted molar refractivity (Wildman–Crippen MR) is 91.9 cm³/mol. The monoisotopic (exact) mass is 317 g/mol. The van der Waals surface area contributed by atoms with Crippen molar-refractivity contribution in [2.75, 3.05) is 7.11 Å². The zero-order valence-corrected chi connectivity index (χ0v) is 13.1. The second-order valence-corrected chi connectivity index (χ2v) is 5.21. The molecule has 0 atom stereocenters. The van der Waals surface area contributed by atoms with E-state index >= 15 is 0 Å². The molecule has 0 bridgehead atoms. The third-order valence-corrected chi connectivity index (χ3v) is 3.73. The van der Waals surface area contributed by atoms with Crippen molar-refractivity contribution in [2.24, 2.45) is 0 Å². The summed E-state index contributed by atoms with van der Waals surface area (Å²) in [5.74, 6) is 2.14. The first-order valence-electron chi connectivity index (χ1n) is 7.54. The fourth-order valence-corrected chi connectivity index (χ4v) is 2.61. The molecule has 0 spiro atoms. The van der Waals surface area contributed by atoms with E-state index in [0.29, 0.717) is 5.88 Å². The van der Waals surface area contributed by atoms with Gasteiger partial charge in [0.05, 0.1) is 12.6 Å². The molecule has 4 rings (SSSR count). The molecule has 0 N–H and O–H groups in total. The molecule has 2 aromatic heterocycles. The molecule has 0 fully saturated rings. The quantitative estimate of drug-likeness (QED) is 0.565. The van der Waals surface area contributed by atoms with Gasteiger partial charge in [0, 0.05) is 11.9 Å². The lowest BCUT2D eigenvalue weighted by molar-refractivity contribution is 0.401. The number of nitrogens with zero attached hydrogens (tertiary/aromatic N) is 3. The van der Waals surface area contributed by atoms with E-state index in [-0.39, 0.29) is 0 Å². The van der Waals surface area contributed by atoms with Crippen molar-refractivity contribution in [3.63, 3.8) is 0 Å². The Morgan fingerprint density at radius 2 is 1.58 bits per heavy atom. The fourth-order valence-electron chi connectivity index (χ4n) is 2.61. The molecule has 24 heavy (non-hydrogen) atoms. The minimum Gasteiger partial charge on any atom is -0.479 e. The van der Waals surface area contributed by atoms with E-state index in [1.165, 1.54) is 6.33 Å². The van der Waals surface area contributed by atoms with Crippen molar-refractivity contribution in [1.82, 2.24) is 14.5 Å². The van der Waals surface area contributed by atoms with Crippen LogP contribution in [-0.2, 0) is 0 Å². The van der Waals surface area contributed by atoms with Crippen molar-refractivity contribution in [3.8, 4) is 23.1 Å². The van der Waals surface area contributed by atoms with Crippen molar-refractivity contribution in [2.45, 2.75) is 0 Å². The Balaban J connectivity index is 1.68. The fraction of sp³-hybridized carbons (Fsp3) is 0.0526. The lowest BCUT2D eigenvalue weighted by Crippen LogP contribution is -1.97. The summed E-state index contributed by atoms with van der Waals surface area (Å²) in [5.41, 5.74) is 2.67. The number of rotatable bonds is 4. The first-order chi connectivity index (χ1) is 11.8. The highest BCUT2D eigenvalue weighted by Crippen LogP contribution is 2.27. The van der Waals surface area contributed by atoms with E-state index in [1.807, 2.05) is 71.4 Å². The van der Waals surface area contributed by atoms with Crippen LogP contribution < -0.4 is 9.47 Å². The molecule has 0 amide bonds. The van der Waals surface area contributed by atoms with Gasteiger partial charge in [-0.2, -0.15) is 4.98 Å². The van der Waals surface area contributed by atoms with Crippen LogP contribution in [0.5, 0.6) is 17.4 Å². The maximum atomic E-state index is 5.82. The highest BCUT2D eigenvalue weighted by Gasteiger charge is 2.11. The first-order valence-corrected chi connectivity index (χ1v) is 7.54. The molecule has 5 nitrogen and oxygen atoms in total. The number of methoxy groups -OCH3 is 1. The van der Waals surface area contributed by atoms with Gasteiger partial charge >= 0.3 is 0 Å². The van der Waals surface area contributed by atoms with E-state index in [2.05, 4.69) is 9.97 Å². The summed E-state index contributed by atoms with van der Waals surface area (Å²) < 4.78 is 13.2. The van der Waals surface area contributed by atoms with Gasteiger partial charge in [-0.25, -0.2) is 4.98 Å². The number of hydrogen-bond acceptors (Lipinski definition) is 4. The van der Waals surface area contributed by atoms with E-state index in [1.54, 1.807) is 7.11 Å². The van der Waals surface area contributed by atoms with Crippen molar-refractivity contribution >= 4 is 11.0 Å². The second-order valence-electron chi connectivity index (χ2n) is 5.21. The lowest BCUT2D eigenvalue weighted by Gasteiger charge is -2.09. The first kappa shape index (κ1) is 14.3. The number of benzene rings is 2. The largest absolute Gasteiger partial charge is 0.479 e. The minimum absolute atomic E-state index is 0.551. The topological polar surface area (TPSA) is 49.2 Å². The molecule has 0 aliphatic heterocycles. The van der Waals surface area contributed by atoms with Crippen LogP contribution in [0.2, 0.25) is 0 Å². The van der Waals surface area contributed by atoms with Gasteiger partial charge in [-0.05, 0) is 42.5 Å². The average molecular weight is 317 g/mol. The van der Waals surface area contributed by atoms with Crippen LogP contribution in [0.4, 0.5) is 0 Å². The molecule has 118 valence electrons. The zero-order valence-electron chi connectivity index (χ0n) is 13.1. The highest BCUT2D eigenvalue weighted by molar-refractivity contribution is 5.82. The van der Waals surface area contributed by atoms with Crippen molar-refractivity contribution in [1.29, 1.82) is 0 Å². The third-order valence-electron chi connectivity index (χ3n) is 3.73. The van der Waals surface area contributed by atoms with E-state index in [4.69, 9.17) is 9.47 Å². The Hall–Kier alpha value is -3.34. The minimum atomic E-state index is 0.551. The Morgan fingerprint density at radius 3 is 2.33 bits per heavy atom. The number of hydrogen-bond donors (Lipinski definition) is 0. The standard InChI is InChI=1S/C19H15N3O2/c1-23-19-18-17(20-13-21-19)11-12-22(18)14-7-9-16(10-8-14)24-15-5-3-2-4-6-15/h2-13H,1H3. The van der Waals surface area contributed by atoms with Gasteiger partial charge in [-0.1, -0.05) is 18.2 Å². The van der Waals surface area contributed by atoms with Crippen LogP contribution in [0.3, 0.4) is 0 Å². The third kappa shape index (κ3) is 2.56. The number of fused-ring (bicyclic) bond motifs is 1. The van der Waals surface area contributed by atoms with Gasteiger partial charge < -0.3 is 14.0 Å². The Kier molecular flexibility index (Phi) is 3.59. The van der Waals surface area contributed by atoms with Crippen LogP contribution in [0.25, 0.3) is 16.7 Å². The lowest BCUT2D eigenvalue weighted by atomic mass is 10.3. The summed E-state index contributed by atoms with van der Waals surface area (Å²) in [7, 11) is 1.61. The highest BCUT2D eigenvalue weighted by atomic mass is 16.5. The number of aromatic nitrogens is 3. The molecule has 0 saturated carbocycles. The molecule has 0 aliphatic rings. The molecule has 0 saturated heterocycles. The van der Waals surface area contributed by atoms with Gasteiger partial charge in [0.25, 0.3) is 0 Å². The number of para-hydroxylation sites is 1. The summed E-state index contributed by atoms with van der Waals surface area (Å²) in [6, 6.07) is 19.5. The molecule has 2 aromatic carbocycles. The van der Waals surface area contributed by atoms with E-state index in [9.17, 15) is 0 Å². The van der Waals surface area contributed by atoms with E-state index < -0.39 is 0 Å². The molecular weight excluding hydrogens is 302 g/mol. The van der Waals surface area contributed by atoms with Crippen molar-refractivity contribution < 1.29 is 9.47 Å². The van der Waals surface area contributed by atoms with Crippen LogP contribution in [0.15, 0.2) is 73.2 Å². The SMILES string of the molecule is COc1ncnc2ccn(-c3ccc(Oc4ccccc4)cc3)c12. The maximum absolute atomic E-state index is 5.82. The summed E-state index contributed by atoms with van der Waals surface area (Å²) in [6.45, 7) is 0. The smallest absolute Gasteiger partial charge is 0.241 e. The zero-order chi connectivity index (χ0) is 16.4. The summed E-state index contributed by atoms with van der Waals surface area (Å²) in [6.07, 6.45) is 3.46. The molecule has 2 heterocycles. The number of ether oxygens (including phenoxy) is 2. The summed E-state index contributed by atoms with van der Waals surface area (Å²) in [4.78, 5) is 8.45. The Labute approximate surface area is 139 Å². The van der Waals surface area contributed by atoms with Crippen LogP contribution in [-0.4, -0.2) is 21.6 Å². The van der Waals surface area contributed by atoms with Crippen LogP contribution >= 0.6 is 0 Å². The summed E-state index contributed by atoms with van der Waals surface area (Å²) in [5, 5.41) is 0. The van der Waals surface area contributed by atoms with Gasteiger partial charge in [0.2, 0.25) is 5.88 Å². The normalized spacial score (nSPS) is 10.7. The Bertz CT molecular complexity index is 963. The van der Waals surface area contributed by atoms with Gasteiger partial charge in [0.15, 0.2) is 0 Å².